The lowest BCUT2D eigenvalue weighted by Crippen LogP contribution is -2.07. The van der Waals surface area contributed by atoms with Crippen LogP contribution in [0.5, 0.6) is 0 Å². The average molecular weight is 270 g/mol. The van der Waals surface area contributed by atoms with Crippen LogP contribution in [0.1, 0.15) is 22.3 Å². The van der Waals surface area contributed by atoms with E-state index in [1.165, 1.54) is 0 Å². The van der Waals surface area contributed by atoms with E-state index in [1.54, 1.807) is 27.7 Å². The molecule has 1 aromatic rings. The molecule has 0 aliphatic carbocycles. The van der Waals surface area contributed by atoms with E-state index >= 15 is 0 Å². The first kappa shape index (κ1) is 14.2. The maximum atomic E-state index is 11.0. The van der Waals surface area contributed by atoms with Crippen LogP contribution in [-0.2, 0) is 10.3 Å². The Kier molecular flexibility index (Phi) is 4.07. The average Bonchev–Trinajstić information content (AvgIpc) is 2.25. The van der Waals surface area contributed by atoms with E-state index in [4.69, 9.17) is 0 Å². The van der Waals surface area contributed by atoms with E-state index in [-0.39, 0.29) is 5.69 Å². The van der Waals surface area contributed by atoms with Crippen molar-refractivity contribution in [1.29, 1.82) is 0 Å². The van der Waals surface area contributed by atoms with Crippen LogP contribution < -0.4 is 5.32 Å². The van der Waals surface area contributed by atoms with Crippen molar-refractivity contribution in [2.45, 2.75) is 27.7 Å². The standard InChI is InChI=1S/C11H14N2O4S/c1-6-7(2)10(12-5-18(16)17)9(4)11(8(6)3)13(14)15/h5,12H,1-4H3. The summed E-state index contributed by atoms with van der Waals surface area (Å²) in [5, 5.41) is 13.6. The van der Waals surface area contributed by atoms with Crippen LogP contribution in [0.3, 0.4) is 0 Å². The summed E-state index contributed by atoms with van der Waals surface area (Å²) in [5.41, 5.74) is 3.97. The number of anilines is 1. The molecule has 18 heavy (non-hydrogen) atoms. The third-order valence-electron chi connectivity index (χ3n) is 3.07. The minimum Gasteiger partial charge on any atom is -0.348 e. The highest BCUT2D eigenvalue weighted by Gasteiger charge is 2.22. The third kappa shape index (κ3) is 2.51. The largest absolute Gasteiger partial charge is 0.348 e. The Bertz CT molecular complexity index is 640. The van der Waals surface area contributed by atoms with Gasteiger partial charge in [0.25, 0.3) is 5.69 Å². The minimum atomic E-state index is -2.37. The molecule has 0 aliphatic heterocycles. The molecule has 0 aromatic heterocycles. The van der Waals surface area contributed by atoms with E-state index in [9.17, 15) is 18.5 Å². The van der Waals surface area contributed by atoms with Gasteiger partial charge in [0, 0.05) is 5.56 Å². The highest BCUT2D eigenvalue weighted by molar-refractivity contribution is 7.71. The lowest BCUT2D eigenvalue weighted by atomic mass is 9.96. The predicted octanol–water partition coefficient (Wildman–Crippen LogP) is 1.88. The Hall–Kier alpha value is -1.89. The van der Waals surface area contributed by atoms with E-state index in [0.29, 0.717) is 16.8 Å². The second-order valence-corrected chi connectivity index (χ2v) is 4.76. The van der Waals surface area contributed by atoms with Crippen LogP contribution in [0.4, 0.5) is 11.4 Å². The smallest absolute Gasteiger partial charge is 0.277 e. The maximum Gasteiger partial charge on any atom is 0.277 e. The second-order valence-electron chi connectivity index (χ2n) is 4.00. The zero-order valence-corrected chi connectivity index (χ0v) is 11.4. The van der Waals surface area contributed by atoms with Crippen molar-refractivity contribution in [3.05, 3.63) is 32.4 Å². The van der Waals surface area contributed by atoms with Crippen molar-refractivity contribution in [3.63, 3.8) is 0 Å². The maximum absolute atomic E-state index is 11.0. The molecule has 1 aromatic carbocycles. The lowest BCUT2D eigenvalue weighted by Gasteiger charge is -2.14. The fraction of sp³-hybridized carbons (Fsp3) is 0.364. The molecule has 0 aliphatic rings. The van der Waals surface area contributed by atoms with Gasteiger partial charge in [-0.15, -0.1) is 0 Å². The highest BCUT2D eigenvalue weighted by atomic mass is 32.2. The number of nitro benzene ring substituents is 1. The number of rotatable bonds is 3. The van der Waals surface area contributed by atoms with Gasteiger partial charge >= 0.3 is 0 Å². The molecule has 1 rings (SSSR count). The van der Waals surface area contributed by atoms with Crippen molar-refractivity contribution < 1.29 is 13.3 Å². The van der Waals surface area contributed by atoms with E-state index in [0.717, 1.165) is 16.6 Å². The van der Waals surface area contributed by atoms with Crippen LogP contribution in [0, 0.1) is 37.8 Å². The van der Waals surface area contributed by atoms with Crippen molar-refractivity contribution >= 4 is 27.2 Å². The van der Waals surface area contributed by atoms with Crippen LogP contribution >= 0.6 is 0 Å². The molecule has 0 radical (unpaired) electrons. The molecule has 0 amide bonds. The Labute approximate surface area is 106 Å². The molecule has 0 saturated carbocycles. The number of nitrogens with one attached hydrogen (secondary N) is 1. The Morgan fingerprint density at radius 2 is 1.61 bits per heavy atom. The number of hydrogen-bond donors (Lipinski definition) is 1. The first-order valence-corrected chi connectivity index (χ1v) is 6.33. The van der Waals surface area contributed by atoms with E-state index in [2.05, 4.69) is 5.32 Å². The Morgan fingerprint density at radius 1 is 1.06 bits per heavy atom. The normalized spacial score (nSPS) is 10.0. The summed E-state index contributed by atoms with van der Waals surface area (Å²) in [6.07, 6.45) is 0. The fourth-order valence-electron chi connectivity index (χ4n) is 1.92. The van der Waals surface area contributed by atoms with Gasteiger partial charge in [-0.25, -0.2) is 0 Å². The molecule has 0 saturated heterocycles. The zero-order chi connectivity index (χ0) is 14.0. The van der Waals surface area contributed by atoms with E-state index < -0.39 is 15.2 Å². The molecular weight excluding hydrogens is 256 g/mol. The van der Waals surface area contributed by atoms with Gasteiger partial charge < -0.3 is 5.32 Å². The van der Waals surface area contributed by atoms with Gasteiger partial charge in [0.1, 0.15) is 5.49 Å². The molecule has 7 heteroatoms. The summed E-state index contributed by atoms with van der Waals surface area (Å²) in [4.78, 5) is 10.6. The molecule has 0 spiro atoms. The molecule has 0 fully saturated rings. The molecule has 1 N–H and O–H groups in total. The number of benzene rings is 1. The van der Waals surface area contributed by atoms with Crippen LogP contribution in [-0.4, -0.2) is 18.8 Å². The van der Waals surface area contributed by atoms with Gasteiger partial charge in [0.15, 0.2) is 0 Å². The predicted molar refractivity (Wildman–Crippen MR) is 70.7 cm³/mol. The second kappa shape index (κ2) is 5.18. The summed E-state index contributed by atoms with van der Waals surface area (Å²) >= 11 is 0. The summed E-state index contributed by atoms with van der Waals surface area (Å²) < 4.78 is 21.0. The number of nitrogens with zero attached hydrogens (tertiary/aromatic N) is 1. The molecule has 6 nitrogen and oxygen atoms in total. The highest BCUT2D eigenvalue weighted by Crippen LogP contribution is 2.35. The third-order valence-corrected chi connectivity index (χ3v) is 3.38. The SMILES string of the molecule is Cc1c(C)c(NC=S(=O)=O)c(C)c([N+](=O)[O-])c1C. The van der Waals surface area contributed by atoms with Crippen molar-refractivity contribution in [2.75, 3.05) is 5.32 Å². The quantitative estimate of drug-likeness (QED) is 0.514. The molecule has 0 unspecified atom stereocenters. The van der Waals surface area contributed by atoms with Crippen molar-refractivity contribution in [2.24, 2.45) is 0 Å². The van der Waals surface area contributed by atoms with Gasteiger partial charge in [0.05, 0.1) is 16.2 Å². The topological polar surface area (TPSA) is 89.3 Å². The minimum absolute atomic E-state index is 0.0191. The van der Waals surface area contributed by atoms with Crippen LogP contribution in [0.15, 0.2) is 0 Å². The van der Waals surface area contributed by atoms with Gasteiger partial charge in [-0.1, -0.05) is 0 Å². The van der Waals surface area contributed by atoms with Gasteiger partial charge in [-0.2, -0.15) is 8.42 Å². The summed E-state index contributed by atoms with van der Waals surface area (Å²) in [6, 6.07) is 0. The van der Waals surface area contributed by atoms with Crippen LogP contribution in [0.25, 0.3) is 0 Å². The number of hydrogen-bond acceptors (Lipinski definition) is 4. The lowest BCUT2D eigenvalue weighted by molar-refractivity contribution is -0.386. The van der Waals surface area contributed by atoms with Crippen molar-refractivity contribution in [1.82, 2.24) is 0 Å². The Balaban J connectivity index is 3.62. The summed E-state index contributed by atoms with van der Waals surface area (Å²) in [7, 11) is -2.37. The fourth-order valence-corrected chi connectivity index (χ4v) is 2.14. The summed E-state index contributed by atoms with van der Waals surface area (Å²) in [5.74, 6) is 0. The molecule has 0 bridgehead atoms. The molecule has 0 atom stereocenters. The van der Waals surface area contributed by atoms with Crippen LogP contribution in [0.2, 0.25) is 0 Å². The molecular formula is C11H14N2O4S. The van der Waals surface area contributed by atoms with E-state index in [1.807, 2.05) is 0 Å². The van der Waals surface area contributed by atoms with Gasteiger partial charge in [0.2, 0.25) is 10.3 Å². The summed E-state index contributed by atoms with van der Waals surface area (Å²) in [6.45, 7) is 6.85. The van der Waals surface area contributed by atoms with Gasteiger partial charge in [-0.05, 0) is 38.8 Å². The first-order chi connectivity index (χ1) is 8.27. The number of nitro groups is 1. The van der Waals surface area contributed by atoms with Crippen molar-refractivity contribution in [3.8, 4) is 0 Å². The molecule has 0 heterocycles. The monoisotopic (exact) mass is 270 g/mol. The Morgan fingerprint density at radius 3 is 2.06 bits per heavy atom. The molecule has 98 valence electrons. The first-order valence-electron chi connectivity index (χ1n) is 5.20. The van der Waals surface area contributed by atoms with Gasteiger partial charge in [-0.3, -0.25) is 10.1 Å². The zero-order valence-electron chi connectivity index (χ0n) is 10.6.